The second-order valence-electron chi connectivity index (χ2n) is 7.92. The van der Waals surface area contributed by atoms with Crippen LogP contribution in [0.2, 0.25) is 0 Å². The fourth-order valence-corrected chi connectivity index (χ4v) is 3.58. The normalized spacial score (nSPS) is 19.3. The second kappa shape index (κ2) is 6.67. The third-order valence-corrected chi connectivity index (χ3v) is 4.71. The van der Waals surface area contributed by atoms with E-state index in [1.54, 1.807) is 6.07 Å². The van der Waals surface area contributed by atoms with Crippen molar-refractivity contribution in [2.45, 2.75) is 65.0 Å². The van der Waals surface area contributed by atoms with Crippen LogP contribution in [0.15, 0.2) is 21.1 Å². The Balaban J connectivity index is 1.90. The lowest BCUT2D eigenvalue weighted by Crippen LogP contribution is -2.33. The zero-order chi connectivity index (χ0) is 18.2. The molecule has 25 heavy (non-hydrogen) atoms. The number of primary amides is 1. The summed E-state index contributed by atoms with van der Waals surface area (Å²) in [5, 5.41) is 4.22. The molecule has 1 saturated heterocycles. The molecule has 136 valence electrons. The number of rotatable bonds is 4. The van der Waals surface area contributed by atoms with Crippen molar-refractivity contribution in [3.63, 3.8) is 0 Å². The molecular weight excluding hydrogens is 318 g/mol. The maximum absolute atomic E-state index is 11.6. The van der Waals surface area contributed by atoms with Gasteiger partial charge in [0.2, 0.25) is 0 Å². The van der Waals surface area contributed by atoms with Crippen LogP contribution in [0.3, 0.4) is 0 Å². The van der Waals surface area contributed by atoms with Gasteiger partial charge in [-0.25, -0.2) is 0 Å². The van der Waals surface area contributed by atoms with Gasteiger partial charge >= 0.3 is 0 Å². The fourth-order valence-electron chi connectivity index (χ4n) is 3.58. The molecule has 1 amide bonds. The van der Waals surface area contributed by atoms with Gasteiger partial charge in [0.05, 0.1) is 6.04 Å². The first kappa shape index (κ1) is 17.7. The molecule has 1 fully saturated rings. The Morgan fingerprint density at radius 3 is 2.72 bits per heavy atom. The zero-order valence-electron chi connectivity index (χ0n) is 15.5. The molecule has 0 aromatic carbocycles. The largest absolute Gasteiger partial charge is 0.455 e. The highest BCUT2D eigenvalue weighted by Crippen LogP contribution is 2.35. The molecule has 2 N–H and O–H groups in total. The molecule has 2 aromatic heterocycles. The van der Waals surface area contributed by atoms with Crippen LogP contribution in [0.5, 0.6) is 0 Å². The summed E-state index contributed by atoms with van der Waals surface area (Å²) >= 11 is 0. The molecule has 0 bridgehead atoms. The molecule has 1 aliphatic rings. The van der Waals surface area contributed by atoms with Crippen molar-refractivity contribution >= 4 is 5.91 Å². The average Bonchev–Trinajstić information content (AvgIpc) is 3.14. The van der Waals surface area contributed by atoms with Gasteiger partial charge in [0.15, 0.2) is 5.76 Å². The Morgan fingerprint density at radius 2 is 2.12 bits per heavy atom. The van der Waals surface area contributed by atoms with Gasteiger partial charge in [0, 0.05) is 23.6 Å². The van der Waals surface area contributed by atoms with Gasteiger partial charge in [-0.3, -0.25) is 9.69 Å². The number of likely N-dealkylation sites (tertiary alicyclic amines) is 1. The summed E-state index contributed by atoms with van der Waals surface area (Å²) in [5.41, 5.74) is 7.23. The van der Waals surface area contributed by atoms with Crippen LogP contribution < -0.4 is 5.73 Å². The predicted octanol–water partition coefficient (Wildman–Crippen LogP) is 3.70. The van der Waals surface area contributed by atoms with Gasteiger partial charge < -0.3 is 14.7 Å². The summed E-state index contributed by atoms with van der Waals surface area (Å²) in [7, 11) is 0. The van der Waals surface area contributed by atoms with Crippen molar-refractivity contribution in [2.75, 3.05) is 6.54 Å². The van der Waals surface area contributed by atoms with Crippen molar-refractivity contribution in [1.29, 1.82) is 0 Å². The second-order valence-corrected chi connectivity index (χ2v) is 7.92. The first-order chi connectivity index (χ1) is 11.8. The summed E-state index contributed by atoms with van der Waals surface area (Å²) in [6.45, 7) is 9.84. The Morgan fingerprint density at radius 1 is 1.36 bits per heavy atom. The zero-order valence-corrected chi connectivity index (χ0v) is 15.5. The van der Waals surface area contributed by atoms with Crippen molar-refractivity contribution < 1.29 is 13.7 Å². The molecule has 0 radical (unpaired) electrons. The maximum Gasteiger partial charge on any atom is 0.284 e. The van der Waals surface area contributed by atoms with Crippen LogP contribution in [0.4, 0.5) is 0 Å². The number of furan rings is 1. The Hall–Kier alpha value is -2.08. The highest BCUT2D eigenvalue weighted by molar-refractivity contribution is 5.90. The van der Waals surface area contributed by atoms with E-state index in [4.69, 9.17) is 14.7 Å². The highest BCUT2D eigenvalue weighted by Gasteiger charge is 2.31. The third kappa shape index (κ3) is 3.79. The van der Waals surface area contributed by atoms with Crippen LogP contribution in [0.1, 0.15) is 79.4 Å². The fraction of sp³-hybridized carbons (Fsp3) is 0.579. The minimum absolute atomic E-state index is 0.196. The number of amides is 1. The molecule has 6 heteroatoms. The number of nitrogens with zero attached hydrogens (tertiary/aromatic N) is 2. The molecule has 3 rings (SSSR count). The van der Waals surface area contributed by atoms with Crippen molar-refractivity contribution in [1.82, 2.24) is 10.1 Å². The number of piperidine rings is 1. The Labute approximate surface area is 148 Å². The lowest BCUT2D eigenvalue weighted by atomic mass is 9.89. The standard InChI is InChI=1S/C19H27N3O3/c1-12-9-14(21-25-12)15-7-5-6-8-22(15)11-13-10-16(18(20)23)24-17(13)19(2,3)4/h9-10,15H,5-8,11H2,1-4H3,(H2,20,23)/t15-/m1/s1. The van der Waals surface area contributed by atoms with E-state index in [1.165, 1.54) is 6.42 Å². The van der Waals surface area contributed by atoms with Crippen molar-refractivity contribution in [2.24, 2.45) is 5.73 Å². The molecule has 2 aromatic rings. The van der Waals surface area contributed by atoms with Gasteiger partial charge in [0.25, 0.3) is 5.91 Å². The molecular formula is C19H27N3O3. The molecule has 1 aliphatic heterocycles. The van der Waals surface area contributed by atoms with Gasteiger partial charge in [-0.1, -0.05) is 32.3 Å². The summed E-state index contributed by atoms with van der Waals surface area (Å²) in [4.78, 5) is 14.0. The molecule has 0 aliphatic carbocycles. The number of aromatic nitrogens is 1. The summed E-state index contributed by atoms with van der Waals surface area (Å²) in [6.07, 6.45) is 3.38. The molecule has 3 heterocycles. The number of hydrogen-bond donors (Lipinski definition) is 1. The number of carbonyl (C=O) groups is 1. The van der Waals surface area contributed by atoms with E-state index < -0.39 is 5.91 Å². The first-order valence-corrected chi connectivity index (χ1v) is 8.86. The minimum atomic E-state index is -0.529. The highest BCUT2D eigenvalue weighted by atomic mass is 16.5. The van der Waals surface area contributed by atoms with E-state index in [0.717, 1.165) is 42.2 Å². The van der Waals surface area contributed by atoms with Crippen LogP contribution in [0, 0.1) is 6.92 Å². The summed E-state index contributed by atoms with van der Waals surface area (Å²) < 4.78 is 11.1. The SMILES string of the molecule is Cc1cc([C@H]2CCCCN2Cc2cc(C(N)=O)oc2C(C)(C)C)no1. The van der Waals surface area contributed by atoms with Crippen LogP contribution in [0.25, 0.3) is 0 Å². The van der Waals surface area contributed by atoms with Gasteiger partial charge in [-0.2, -0.15) is 0 Å². The van der Waals surface area contributed by atoms with E-state index in [2.05, 4.69) is 30.8 Å². The third-order valence-electron chi connectivity index (χ3n) is 4.71. The lowest BCUT2D eigenvalue weighted by Gasteiger charge is -2.34. The average molecular weight is 345 g/mol. The van der Waals surface area contributed by atoms with Gasteiger partial charge in [0.1, 0.15) is 17.2 Å². The van der Waals surface area contributed by atoms with Crippen molar-refractivity contribution in [3.8, 4) is 0 Å². The van der Waals surface area contributed by atoms with Crippen LogP contribution in [-0.2, 0) is 12.0 Å². The number of hydrogen-bond acceptors (Lipinski definition) is 5. The Kier molecular flexibility index (Phi) is 4.73. The van der Waals surface area contributed by atoms with Crippen LogP contribution >= 0.6 is 0 Å². The quantitative estimate of drug-likeness (QED) is 0.913. The monoisotopic (exact) mass is 345 g/mol. The first-order valence-electron chi connectivity index (χ1n) is 8.86. The lowest BCUT2D eigenvalue weighted by molar-refractivity contribution is 0.0970. The van der Waals surface area contributed by atoms with Gasteiger partial charge in [-0.15, -0.1) is 0 Å². The summed E-state index contributed by atoms with van der Waals surface area (Å²) in [6, 6.07) is 4.03. The maximum atomic E-state index is 11.6. The topological polar surface area (TPSA) is 85.5 Å². The smallest absolute Gasteiger partial charge is 0.284 e. The molecule has 0 unspecified atom stereocenters. The number of aryl methyl sites for hydroxylation is 1. The van der Waals surface area contributed by atoms with E-state index >= 15 is 0 Å². The Bertz CT molecular complexity index is 754. The summed E-state index contributed by atoms with van der Waals surface area (Å²) in [5.74, 6) is 1.35. The number of nitrogens with two attached hydrogens (primary N) is 1. The number of carbonyl (C=O) groups excluding carboxylic acids is 1. The van der Waals surface area contributed by atoms with Crippen molar-refractivity contribution in [3.05, 3.63) is 40.7 Å². The molecule has 0 spiro atoms. The van der Waals surface area contributed by atoms with E-state index in [9.17, 15) is 4.79 Å². The van der Waals surface area contributed by atoms with E-state index in [0.29, 0.717) is 6.54 Å². The van der Waals surface area contributed by atoms with Gasteiger partial charge in [-0.05, 0) is 32.4 Å². The molecule has 1 atom stereocenters. The molecule has 0 saturated carbocycles. The van der Waals surface area contributed by atoms with E-state index in [-0.39, 0.29) is 17.2 Å². The minimum Gasteiger partial charge on any atom is -0.455 e. The van der Waals surface area contributed by atoms with Crippen LogP contribution in [-0.4, -0.2) is 22.5 Å². The predicted molar refractivity (Wildman–Crippen MR) is 94.2 cm³/mol. The molecule has 6 nitrogen and oxygen atoms in total. The van der Waals surface area contributed by atoms with E-state index in [1.807, 2.05) is 13.0 Å².